The summed E-state index contributed by atoms with van der Waals surface area (Å²) in [4.78, 5) is 38.0. The first-order chi connectivity index (χ1) is 12.0. The fraction of sp³-hybridized carbons (Fsp3) is 0.150. The number of rotatable bonds is 4. The average Bonchev–Trinajstić information content (AvgIpc) is 2.93. The number of aliphatic hydroxyl groups is 1. The van der Waals surface area contributed by atoms with Gasteiger partial charge in [0, 0.05) is 5.57 Å². The van der Waals surface area contributed by atoms with Crippen LogP contribution < -0.4 is 0 Å². The van der Waals surface area contributed by atoms with Crippen molar-refractivity contribution >= 4 is 23.1 Å². The molecule has 3 rings (SSSR count). The molecule has 126 valence electrons. The van der Waals surface area contributed by atoms with E-state index in [0.717, 1.165) is 7.11 Å². The fourth-order valence-corrected chi connectivity index (χ4v) is 3.18. The van der Waals surface area contributed by atoms with Gasteiger partial charge in [0.25, 0.3) is 5.78 Å². The zero-order chi connectivity index (χ0) is 18.0. The van der Waals surface area contributed by atoms with Crippen molar-refractivity contribution in [3.05, 3.63) is 77.9 Å². The van der Waals surface area contributed by atoms with Crippen LogP contribution in [0.25, 0.3) is 5.57 Å². The van der Waals surface area contributed by atoms with E-state index < -0.39 is 29.1 Å². The first kappa shape index (κ1) is 16.8. The van der Waals surface area contributed by atoms with Crippen LogP contribution in [0.3, 0.4) is 0 Å². The van der Waals surface area contributed by atoms with Crippen LogP contribution in [0.2, 0.25) is 0 Å². The number of allylic oxidation sites excluding steroid dienone is 1. The third-order valence-corrected chi connectivity index (χ3v) is 4.41. The van der Waals surface area contributed by atoms with E-state index in [0.29, 0.717) is 5.56 Å². The van der Waals surface area contributed by atoms with Crippen molar-refractivity contribution in [2.24, 2.45) is 0 Å². The van der Waals surface area contributed by atoms with Crippen molar-refractivity contribution in [2.45, 2.75) is 11.5 Å². The molecule has 2 aromatic rings. The summed E-state index contributed by atoms with van der Waals surface area (Å²) in [5.41, 5.74) is -0.999. The van der Waals surface area contributed by atoms with E-state index >= 15 is 0 Å². The first-order valence-electron chi connectivity index (χ1n) is 7.71. The normalized spacial score (nSPS) is 22.4. The van der Waals surface area contributed by atoms with E-state index in [1.54, 1.807) is 60.7 Å². The molecule has 0 radical (unpaired) electrons. The minimum Gasteiger partial charge on any atom is -0.463 e. The van der Waals surface area contributed by atoms with Crippen LogP contribution in [0, 0.1) is 0 Å². The summed E-state index contributed by atoms with van der Waals surface area (Å²) in [6.45, 7) is 0. The van der Waals surface area contributed by atoms with Gasteiger partial charge in [0.2, 0.25) is 0 Å². The van der Waals surface area contributed by atoms with Gasteiger partial charge in [-0.15, -0.1) is 0 Å². The molecule has 0 aromatic heterocycles. The summed E-state index contributed by atoms with van der Waals surface area (Å²) in [6.07, 6.45) is -0.143. The molecule has 5 nitrogen and oxygen atoms in total. The molecule has 0 fully saturated rings. The SMILES string of the molecule is COC(=O)C(=O)[C@@]1(c2ccccc2)C(=O)C(c2ccccc2)=C[C@H]1O. The molecule has 1 aliphatic carbocycles. The molecular formula is C20H16O5. The summed E-state index contributed by atoms with van der Waals surface area (Å²) in [7, 11) is 1.07. The number of ketones is 2. The minimum atomic E-state index is -2.03. The van der Waals surface area contributed by atoms with E-state index in [4.69, 9.17) is 0 Å². The predicted molar refractivity (Wildman–Crippen MR) is 90.6 cm³/mol. The number of ether oxygens (including phenoxy) is 1. The van der Waals surface area contributed by atoms with Gasteiger partial charge in [0.15, 0.2) is 11.2 Å². The Morgan fingerprint density at radius 1 is 1.00 bits per heavy atom. The summed E-state index contributed by atoms with van der Waals surface area (Å²) < 4.78 is 4.53. The van der Waals surface area contributed by atoms with E-state index in [1.807, 2.05) is 0 Å². The lowest BCUT2D eigenvalue weighted by Crippen LogP contribution is -2.52. The van der Waals surface area contributed by atoms with Crippen LogP contribution in [-0.2, 0) is 24.5 Å². The minimum absolute atomic E-state index is 0.203. The number of hydrogen-bond acceptors (Lipinski definition) is 5. The number of esters is 1. The number of hydrogen-bond donors (Lipinski definition) is 1. The van der Waals surface area contributed by atoms with Crippen molar-refractivity contribution in [3.63, 3.8) is 0 Å². The monoisotopic (exact) mass is 336 g/mol. The van der Waals surface area contributed by atoms with Crippen LogP contribution in [0.5, 0.6) is 0 Å². The van der Waals surface area contributed by atoms with Gasteiger partial charge >= 0.3 is 5.97 Å². The summed E-state index contributed by atoms with van der Waals surface area (Å²) >= 11 is 0. The molecule has 5 heteroatoms. The lowest BCUT2D eigenvalue weighted by molar-refractivity contribution is -0.157. The summed E-state index contributed by atoms with van der Waals surface area (Å²) in [6, 6.07) is 16.8. The Balaban J connectivity index is 2.19. The van der Waals surface area contributed by atoms with Gasteiger partial charge in [-0.2, -0.15) is 0 Å². The van der Waals surface area contributed by atoms with Crippen LogP contribution in [0.4, 0.5) is 0 Å². The van der Waals surface area contributed by atoms with Gasteiger partial charge in [-0.1, -0.05) is 60.7 Å². The van der Waals surface area contributed by atoms with Gasteiger partial charge in [-0.05, 0) is 17.2 Å². The maximum Gasteiger partial charge on any atom is 0.375 e. The standard InChI is InChI=1S/C20H16O5/c1-25-19(24)18(23)20(14-10-6-3-7-11-14)16(21)12-15(17(20)22)13-8-4-2-5-9-13/h2-12,16,21H,1H3/t16-,20-/m1/s1. The third kappa shape index (κ3) is 2.49. The molecule has 0 saturated heterocycles. The molecule has 0 bridgehead atoms. The smallest absolute Gasteiger partial charge is 0.375 e. The zero-order valence-corrected chi connectivity index (χ0v) is 13.5. The first-order valence-corrected chi connectivity index (χ1v) is 7.71. The number of aliphatic hydroxyl groups excluding tert-OH is 1. The largest absolute Gasteiger partial charge is 0.463 e. The van der Waals surface area contributed by atoms with Crippen molar-refractivity contribution in [3.8, 4) is 0 Å². The topological polar surface area (TPSA) is 80.7 Å². The molecule has 1 N–H and O–H groups in total. The Morgan fingerprint density at radius 2 is 1.56 bits per heavy atom. The molecule has 2 aromatic carbocycles. The number of carbonyl (C=O) groups excluding carboxylic acids is 3. The Kier molecular flexibility index (Phi) is 4.33. The molecule has 1 aliphatic rings. The van der Waals surface area contributed by atoms with Crippen LogP contribution >= 0.6 is 0 Å². The Morgan fingerprint density at radius 3 is 2.12 bits per heavy atom. The second-order valence-corrected chi connectivity index (χ2v) is 5.72. The van der Waals surface area contributed by atoms with Gasteiger partial charge in [0.1, 0.15) is 0 Å². The fourth-order valence-electron chi connectivity index (χ4n) is 3.18. The molecule has 0 aliphatic heterocycles. The lowest BCUT2D eigenvalue weighted by Gasteiger charge is -2.29. The second kappa shape index (κ2) is 6.45. The van der Waals surface area contributed by atoms with Gasteiger partial charge in [-0.25, -0.2) is 4.79 Å². The molecule has 0 heterocycles. The van der Waals surface area contributed by atoms with Gasteiger partial charge in [0.05, 0.1) is 13.2 Å². The molecule has 25 heavy (non-hydrogen) atoms. The van der Waals surface area contributed by atoms with Gasteiger partial charge in [-0.3, -0.25) is 9.59 Å². The van der Waals surface area contributed by atoms with Crippen LogP contribution in [-0.4, -0.2) is 35.9 Å². The number of Topliss-reactive ketones (excluding diaryl/α,β-unsaturated/α-hetero) is 2. The molecule has 0 unspecified atom stereocenters. The average molecular weight is 336 g/mol. The molecular weight excluding hydrogens is 320 g/mol. The van der Waals surface area contributed by atoms with E-state index in [2.05, 4.69) is 4.74 Å². The quantitative estimate of drug-likeness (QED) is 0.522. The van der Waals surface area contributed by atoms with E-state index in [9.17, 15) is 19.5 Å². The highest BCUT2D eigenvalue weighted by Crippen LogP contribution is 2.42. The molecule has 0 saturated carbocycles. The van der Waals surface area contributed by atoms with Crippen molar-refractivity contribution in [1.82, 2.24) is 0 Å². The summed E-state index contributed by atoms with van der Waals surface area (Å²) in [5.74, 6) is -2.87. The maximum absolute atomic E-state index is 13.2. The van der Waals surface area contributed by atoms with Crippen molar-refractivity contribution in [1.29, 1.82) is 0 Å². The predicted octanol–water partition coefficient (Wildman–Crippen LogP) is 1.69. The summed E-state index contributed by atoms with van der Waals surface area (Å²) in [5, 5.41) is 10.7. The van der Waals surface area contributed by atoms with Crippen molar-refractivity contribution in [2.75, 3.05) is 7.11 Å². The number of methoxy groups -OCH3 is 1. The number of benzene rings is 2. The van der Waals surface area contributed by atoms with Crippen molar-refractivity contribution < 1.29 is 24.2 Å². The van der Waals surface area contributed by atoms with Crippen LogP contribution in [0.15, 0.2) is 66.7 Å². The highest BCUT2D eigenvalue weighted by Gasteiger charge is 2.59. The zero-order valence-electron chi connectivity index (χ0n) is 13.5. The molecule has 0 spiro atoms. The Bertz CT molecular complexity index is 854. The van der Waals surface area contributed by atoms with E-state index in [1.165, 1.54) is 6.08 Å². The molecule has 0 amide bonds. The Labute approximate surface area is 144 Å². The second-order valence-electron chi connectivity index (χ2n) is 5.72. The third-order valence-electron chi connectivity index (χ3n) is 4.41. The highest BCUT2D eigenvalue weighted by atomic mass is 16.5. The number of carbonyl (C=O) groups is 3. The molecule has 2 atom stereocenters. The Hall–Kier alpha value is -3.05. The highest BCUT2D eigenvalue weighted by molar-refractivity contribution is 6.49. The van der Waals surface area contributed by atoms with E-state index in [-0.39, 0.29) is 11.1 Å². The van der Waals surface area contributed by atoms with Crippen LogP contribution in [0.1, 0.15) is 11.1 Å². The van der Waals surface area contributed by atoms with Gasteiger partial charge < -0.3 is 9.84 Å². The maximum atomic E-state index is 13.2. The lowest BCUT2D eigenvalue weighted by atomic mass is 9.71.